The van der Waals surface area contributed by atoms with Crippen LogP contribution in [0.5, 0.6) is 0 Å². The van der Waals surface area contributed by atoms with Crippen molar-refractivity contribution >= 4 is 22.7 Å². The molecule has 0 bridgehead atoms. The van der Waals surface area contributed by atoms with E-state index in [4.69, 9.17) is 0 Å². The Morgan fingerprint density at radius 3 is 2.50 bits per heavy atom. The highest BCUT2D eigenvalue weighted by Gasteiger charge is 2.01. The lowest BCUT2D eigenvalue weighted by molar-refractivity contribution is 1.02. The highest BCUT2D eigenvalue weighted by atomic mass is 32.1. The van der Waals surface area contributed by atoms with Gasteiger partial charge in [0.1, 0.15) is 0 Å². The van der Waals surface area contributed by atoms with Crippen LogP contribution in [-0.4, -0.2) is 25.6 Å². The van der Waals surface area contributed by atoms with E-state index in [1.165, 1.54) is 16.3 Å². The minimum Gasteiger partial charge on any atom is -0.385 e. The molecule has 2 aromatic rings. The number of benzene rings is 1. The van der Waals surface area contributed by atoms with Gasteiger partial charge in [-0.3, -0.25) is 0 Å². The van der Waals surface area contributed by atoms with Gasteiger partial charge in [0.25, 0.3) is 0 Å². The third-order valence-corrected chi connectivity index (χ3v) is 3.90. The number of hydrogen-bond donors (Lipinski definition) is 1. The molecule has 0 radical (unpaired) electrons. The van der Waals surface area contributed by atoms with Crippen LogP contribution in [0.2, 0.25) is 0 Å². The molecule has 1 heterocycles. The van der Waals surface area contributed by atoms with E-state index >= 15 is 0 Å². The maximum Gasteiger partial charge on any atom is 0.0797 e. The van der Waals surface area contributed by atoms with Crippen LogP contribution < -0.4 is 10.2 Å². The first-order chi connectivity index (χ1) is 8.66. The van der Waals surface area contributed by atoms with Crippen molar-refractivity contribution in [3.63, 3.8) is 0 Å². The van der Waals surface area contributed by atoms with Gasteiger partial charge in [0.05, 0.1) is 11.2 Å². The predicted octanol–water partition coefficient (Wildman–Crippen LogP) is 3.17. The maximum atomic E-state index is 4.26. The van der Waals surface area contributed by atoms with E-state index in [2.05, 4.69) is 60.5 Å². The van der Waals surface area contributed by atoms with Crippen molar-refractivity contribution in [2.75, 3.05) is 30.9 Å². The molecule has 0 spiro atoms. The first kappa shape index (κ1) is 12.9. The van der Waals surface area contributed by atoms with Gasteiger partial charge >= 0.3 is 0 Å². The fourth-order valence-electron chi connectivity index (χ4n) is 1.76. The molecule has 0 unspecified atom stereocenters. The van der Waals surface area contributed by atoms with E-state index in [0.29, 0.717) is 0 Å². The SMILES string of the molecule is Cc1ncsc1CCNc1ccc(N(C)C)cc1. The van der Waals surface area contributed by atoms with E-state index in [9.17, 15) is 0 Å². The predicted molar refractivity (Wildman–Crippen MR) is 79.8 cm³/mol. The van der Waals surface area contributed by atoms with E-state index < -0.39 is 0 Å². The van der Waals surface area contributed by atoms with Crippen LogP contribution in [-0.2, 0) is 6.42 Å². The molecular formula is C14H19N3S. The second-order valence-corrected chi connectivity index (χ2v) is 5.42. The zero-order valence-corrected chi connectivity index (χ0v) is 11.9. The molecule has 1 aromatic heterocycles. The van der Waals surface area contributed by atoms with Crippen molar-refractivity contribution in [2.45, 2.75) is 13.3 Å². The van der Waals surface area contributed by atoms with Gasteiger partial charge in [0.2, 0.25) is 0 Å². The Labute approximate surface area is 112 Å². The van der Waals surface area contributed by atoms with Gasteiger partial charge in [-0.05, 0) is 31.2 Å². The number of aryl methyl sites for hydroxylation is 1. The summed E-state index contributed by atoms with van der Waals surface area (Å²) in [5, 5.41) is 3.44. The lowest BCUT2D eigenvalue weighted by atomic mass is 10.2. The van der Waals surface area contributed by atoms with Crippen molar-refractivity contribution in [1.29, 1.82) is 0 Å². The quantitative estimate of drug-likeness (QED) is 0.896. The molecule has 96 valence electrons. The van der Waals surface area contributed by atoms with Crippen LogP contribution in [0, 0.1) is 6.92 Å². The topological polar surface area (TPSA) is 28.2 Å². The van der Waals surface area contributed by atoms with E-state index in [0.717, 1.165) is 18.7 Å². The fraction of sp³-hybridized carbons (Fsp3) is 0.357. The van der Waals surface area contributed by atoms with Crippen molar-refractivity contribution in [3.8, 4) is 0 Å². The van der Waals surface area contributed by atoms with Gasteiger partial charge in [0, 0.05) is 43.3 Å². The van der Waals surface area contributed by atoms with Gasteiger partial charge in [0.15, 0.2) is 0 Å². The van der Waals surface area contributed by atoms with Crippen LogP contribution >= 0.6 is 11.3 Å². The molecule has 0 aliphatic rings. The summed E-state index contributed by atoms with van der Waals surface area (Å²) in [7, 11) is 4.10. The highest BCUT2D eigenvalue weighted by molar-refractivity contribution is 7.09. The lowest BCUT2D eigenvalue weighted by Gasteiger charge is -2.13. The summed E-state index contributed by atoms with van der Waals surface area (Å²) < 4.78 is 0. The second kappa shape index (κ2) is 5.87. The molecule has 1 N–H and O–H groups in total. The summed E-state index contributed by atoms with van der Waals surface area (Å²) in [6.07, 6.45) is 1.03. The summed E-state index contributed by atoms with van der Waals surface area (Å²) in [6, 6.07) is 8.49. The summed E-state index contributed by atoms with van der Waals surface area (Å²) in [5.74, 6) is 0. The number of hydrogen-bond acceptors (Lipinski definition) is 4. The minimum absolute atomic E-state index is 0.949. The Kier molecular flexibility index (Phi) is 4.20. The number of aromatic nitrogens is 1. The van der Waals surface area contributed by atoms with Crippen LogP contribution in [0.3, 0.4) is 0 Å². The Morgan fingerprint density at radius 2 is 1.94 bits per heavy atom. The zero-order valence-electron chi connectivity index (χ0n) is 11.1. The van der Waals surface area contributed by atoms with Gasteiger partial charge in [-0.25, -0.2) is 4.98 Å². The summed E-state index contributed by atoms with van der Waals surface area (Å²) >= 11 is 1.73. The Morgan fingerprint density at radius 1 is 1.22 bits per heavy atom. The smallest absolute Gasteiger partial charge is 0.0797 e. The molecule has 1 aromatic carbocycles. The summed E-state index contributed by atoms with van der Waals surface area (Å²) in [4.78, 5) is 7.73. The van der Waals surface area contributed by atoms with Crippen LogP contribution in [0.4, 0.5) is 11.4 Å². The van der Waals surface area contributed by atoms with Crippen LogP contribution in [0.1, 0.15) is 10.6 Å². The van der Waals surface area contributed by atoms with Gasteiger partial charge in [-0.1, -0.05) is 0 Å². The number of rotatable bonds is 5. The lowest BCUT2D eigenvalue weighted by Crippen LogP contribution is -2.09. The largest absolute Gasteiger partial charge is 0.385 e. The van der Waals surface area contributed by atoms with E-state index in [1.807, 2.05) is 5.51 Å². The number of nitrogens with one attached hydrogen (secondary N) is 1. The molecule has 0 fully saturated rings. The Hall–Kier alpha value is -1.55. The summed E-state index contributed by atoms with van der Waals surface area (Å²) in [6.45, 7) is 3.02. The minimum atomic E-state index is 0.949. The molecule has 3 nitrogen and oxygen atoms in total. The first-order valence-corrected chi connectivity index (χ1v) is 6.95. The third kappa shape index (κ3) is 3.23. The first-order valence-electron chi connectivity index (χ1n) is 6.07. The Bertz CT molecular complexity index is 488. The molecule has 2 rings (SSSR count). The second-order valence-electron chi connectivity index (χ2n) is 4.48. The molecule has 0 saturated carbocycles. The van der Waals surface area contributed by atoms with E-state index in [-0.39, 0.29) is 0 Å². The van der Waals surface area contributed by atoms with Gasteiger partial charge in [-0.15, -0.1) is 11.3 Å². The van der Waals surface area contributed by atoms with E-state index in [1.54, 1.807) is 11.3 Å². The highest BCUT2D eigenvalue weighted by Crippen LogP contribution is 2.16. The number of thiazole rings is 1. The monoisotopic (exact) mass is 261 g/mol. The normalized spacial score (nSPS) is 10.4. The third-order valence-electron chi connectivity index (χ3n) is 2.91. The number of nitrogens with zero attached hydrogens (tertiary/aromatic N) is 2. The van der Waals surface area contributed by atoms with Crippen LogP contribution in [0.25, 0.3) is 0 Å². The standard InChI is InChI=1S/C14H19N3S/c1-11-14(18-10-16-11)8-9-15-12-4-6-13(7-5-12)17(2)3/h4-7,10,15H,8-9H2,1-3H3. The maximum absolute atomic E-state index is 4.26. The molecular weight excluding hydrogens is 242 g/mol. The zero-order chi connectivity index (χ0) is 13.0. The molecule has 0 saturated heterocycles. The average molecular weight is 261 g/mol. The van der Waals surface area contributed by atoms with Crippen LogP contribution in [0.15, 0.2) is 29.8 Å². The molecule has 4 heteroatoms. The molecule has 0 aliphatic carbocycles. The van der Waals surface area contributed by atoms with Gasteiger partial charge in [-0.2, -0.15) is 0 Å². The molecule has 0 aliphatic heterocycles. The van der Waals surface area contributed by atoms with Crippen molar-refractivity contribution in [3.05, 3.63) is 40.3 Å². The summed E-state index contributed by atoms with van der Waals surface area (Å²) in [5.41, 5.74) is 5.46. The Balaban J connectivity index is 1.85. The average Bonchev–Trinajstić information content (AvgIpc) is 2.76. The fourth-order valence-corrected chi connectivity index (χ4v) is 2.55. The molecule has 0 amide bonds. The number of anilines is 2. The van der Waals surface area contributed by atoms with Gasteiger partial charge < -0.3 is 10.2 Å². The van der Waals surface area contributed by atoms with Crippen molar-refractivity contribution in [1.82, 2.24) is 4.98 Å². The van der Waals surface area contributed by atoms with Crippen molar-refractivity contribution in [2.24, 2.45) is 0 Å². The van der Waals surface area contributed by atoms with Crippen molar-refractivity contribution < 1.29 is 0 Å². The molecule has 0 atom stereocenters. The molecule has 18 heavy (non-hydrogen) atoms.